The lowest BCUT2D eigenvalue weighted by molar-refractivity contribution is 1.06. The number of rotatable bonds is 6. The van der Waals surface area contributed by atoms with Crippen molar-refractivity contribution in [3.8, 4) is 56.9 Å². The van der Waals surface area contributed by atoms with Crippen LogP contribution >= 0.6 is 0 Å². The molecule has 0 saturated carbocycles. The summed E-state index contributed by atoms with van der Waals surface area (Å²) < 4.78 is 4.67. The molecule has 0 bridgehead atoms. The third-order valence-electron chi connectivity index (χ3n) is 10.6. The van der Waals surface area contributed by atoms with Crippen molar-refractivity contribution < 1.29 is 0 Å². The highest BCUT2D eigenvalue weighted by Crippen LogP contribution is 2.39. The second-order valence-electron chi connectivity index (χ2n) is 14.0. The standard InChI is InChI=1S/C50H32N6/c1-4-13-34(14-5-1)48-52-49(35-15-6-2-7-16-35)54-50(53-48)44-21-12-20-43(51-44)33-23-26-39(27-24-33)56-45-22-11-10-19-40(45)41-28-25-36-32-46-37(31-42(36)47(41)56)29-30-55(46)38-17-8-3-9-18-38/h1-32H. The topological polar surface area (TPSA) is 61.4 Å². The quantitative estimate of drug-likeness (QED) is 0.172. The zero-order valence-electron chi connectivity index (χ0n) is 30.2. The summed E-state index contributed by atoms with van der Waals surface area (Å²) in [5.41, 5.74) is 10.2. The first-order valence-corrected chi connectivity index (χ1v) is 18.7. The SMILES string of the molecule is c1ccc(-c2nc(-c3ccccc3)nc(-c3cccc(-c4ccc(-n5c6ccccc6c6ccc7cc8c(ccn8-c8ccccc8)cc7c65)cc4)n3)n2)cc1. The Kier molecular flexibility index (Phi) is 7.38. The second-order valence-corrected chi connectivity index (χ2v) is 14.0. The molecule has 0 spiro atoms. The molecule has 0 radical (unpaired) electrons. The maximum Gasteiger partial charge on any atom is 0.182 e. The number of fused-ring (bicyclic) bond motifs is 6. The van der Waals surface area contributed by atoms with Crippen molar-refractivity contribution in [3.63, 3.8) is 0 Å². The molecule has 4 aromatic heterocycles. The van der Waals surface area contributed by atoms with Crippen LogP contribution in [-0.4, -0.2) is 29.1 Å². The van der Waals surface area contributed by atoms with E-state index in [9.17, 15) is 0 Å². The van der Waals surface area contributed by atoms with E-state index in [1.807, 2.05) is 78.9 Å². The lowest BCUT2D eigenvalue weighted by atomic mass is 10.0. The molecule has 0 aliphatic heterocycles. The van der Waals surface area contributed by atoms with Gasteiger partial charge in [0, 0.05) is 55.8 Å². The molecule has 0 saturated heterocycles. The summed E-state index contributed by atoms with van der Waals surface area (Å²) in [5.74, 6) is 1.75. The smallest absolute Gasteiger partial charge is 0.182 e. The number of nitrogens with zero attached hydrogens (tertiary/aromatic N) is 6. The van der Waals surface area contributed by atoms with Gasteiger partial charge in [-0.15, -0.1) is 0 Å². The third kappa shape index (κ3) is 5.35. The van der Waals surface area contributed by atoms with Crippen LogP contribution in [0.3, 0.4) is 0 Å². The number of aromatic nitrogens is 6. The monoisotopic (exact) mass is 716 g/mol. The summed E-state index contributed by atoms with van der Waals surface area (Å²) >= 11 is 0. The van der Waals surface area contributed by atoms with Crippen LogP contribution < -0.4 is 0 Å². The molecule has 11 rings (SSSR count). The molecule has 0 unspecified atom stereocenters. The summed E-state index contributed by atoms with van der Waals surface area (Å²) in [6.45, 7) is 0. The maximum atomic E-state index is 5.11. The van der Waals surface area contributed by atoms with Crippen LogP contribution in [0.1, 0.15) is 0 Å². The average Bonchev–Trinajstić information content (AvgIpc) is 3.85. The summed E-state index contributed by atoms with van der Waals surface area (Å²) in [7, 11) is 0. The Morgan fingerprint density at radius 1 is 0.339 bits per heavy atom. The molecule has 7 aromatic carbocycles. The highest BCUT2D eigenvalue weighted by molar-refractivity contribution is 6.20. The van der Waals surface area contributed by atoms with Crippen LogP contribution in [0.25, 0.3) is 100 Å². The Hall–Kier alpha value is -7.70. The van der Waals surface area contributed by atoms with E-state index in [0.717, 1.165) is 33.8 Å². The lowest BCUT2D eigenvalue weighted by Gasteiger charge is -2.12. The Balaban J connectivity index is 1.02. The fourth-order valence-corrected chi connectivity index (χ4v) is 7.92. The van der Waals surface area contributed by atoms with Crippen molar-refractivity contribution in [1.82, 2.24) is 29.1 Å². The van der Waals surface area contributed by atoms with Crippen LogP contribution in [0, 0.1) is 0 Å². The van der Waals surface area contributed by atoms with Gasteiger partial charge in [-0.2, -0.15) is 0 Å². The van der Waals surface area contributed by atoms with E-state index in [1.165, 1.54) is 43.5 Å². The van der Waals surface area contributed by atoms with Gasteiger partial charge in [-0.1, -0.05) is 127 Å². The van der Waals surface area contributed by atoms with Crippen LogP contribution in [-0.2, 0) is 0 Å². The molecule has 0 amide bonds. The summed E-state index contributed by atoms with van der Waals surface area (Å²) in [6.07, 6.45) is 2.17. The Labute approximate surface area is 322 Å². The van der Waals surface area contributed by atoms with Gasteiger partial charge in [-0.05, 0) is 66.0 Å². The normalized spacial score (nSPS) is 11.6. The minimum atomic E-state index is 0.529. The minimum Gasteiger partial charge on any atom is -0.317 e. The van der Waals surface area contributed by atoms with Crippen molar-refractivity contribution in [1.29, 1.82) is 0 Å². The number of pyridine rings is 1. The Morgan fingerprint density at radius 3 is 1.71 bits per heavy atom. The van der Waals surface area contributed by atoms with E-state index >= 15 is 0 Å². The molecule has 262 valence electrons. The Bertz CT molecular complexity index is 3160. The van der Waals surface area contributed by atoms with E-state index in [2.05, 4.69) is 125 Å². The van der Waals surface area contributed by atoms with Crippen molar-refractivity contribution in [2.24, 2.45) is 0 Å². The summed E-state index contributed by atoms with van der Waals surface area (Å²) in [6, 6.07) is 65.4. The first kappa shape index (κ1) is 31.8. The molecule has 6 nitrogen and oxygen atoms in total. The summed E-state index contributed by atoms with van der Waals surface area (Å²) in [5, 5.41) is 6.09. The van der Waals surface area contributed by atoms with Gasteiger partial charge in [0.25, 0.3) is 0 Å². The predicted octanol–water partition coefficient (Wildman–Crippen LogP) is 12.1. The van der Waals surface area contributed by atoms with E-state index in [4.69, 9.17) is 19.9 Å². The third-order valence-corrected chi connectivity index (χ3v) is 10.6. The van der Waals surface area contributed by atoms with Crippen molar-refractivity contribution in [2.45, 2.75) is 0 Å². The molecule has 56 heavy (non-hydrogen) atoms. The van der Waals surface area contributed by atoms with Gasteiger partial charge in [0.1, 0.15) is 5.69 Å². The first-order valence-electron chi connectivity index (χ1n) is 18.7. The lowest BCUT2D eigenvalue weighted by Crippen LogP contribution is -2.01. The zero-order chi connectivity index (χ0) is 37.0. The number of hydrogen-bond donors (Lipinski definition) is 0. The average molecular weight is 717 g/mol. The molecule has 4 heterocycles. The van der Waals surface area contributed by atoms with Crippen LogP contribution in [0.5, 0.6) is 0 Å². The zero-order valence-corrected chi connectivity index (χ0v) is 30.2. The fourth-order valence-electron chi connectivity index (χ4n) is 7.92. The minimum absolute atomic E-state index is 0.529. The van der Waals surface area contributed by atoms with E-state index in [1.54, 1.807) is 0 Å². The van der Waals surface area contributed by atoms with Crippen LogP contribution in [0.4, 0.5) is 0 Å². The predicted molar refractivity (Wildman–Crippen MR) is 228 cm³/mol. The molecule has 0 fully saturated rings. The van der Waals surface area contributed by atoms with E-state index in [0.29, 0.717) is 23.2 Å². The van der Waals surface area contributed by atoms with Crippen LogP contribution in [0.2, 0.25) is 0 Å². The highest BCUT2D eigenvalue weighted by atomic mass is 15.0. The first-order chi connectivity index (χ1) is 27.7. The molecule has 11 aromatic rings. The highest BCUT2D eigenvalue weighted by Gasteiger charge is 2.18. The van der Waals surface area contributed by atoms with Gasteiger partial charge in [0.05, 0.1) is 22.2 Å². The molecule has 0 aliphatic carbocycles. The number of para-hydroxylation sites is 2. The van der Waals surface area contributed by atoms with E-state index < -0.39 is 0 Å². The molecule has 0 N–H and O–H groups in total. The second kappa shape index (κ2) is 13.0. The van der Waals surface area contributed by atoms with Gasteiger partial charge in [0.15, 0.2) is 17.5 Å². The molecular formula is C50H32N6. The molecule has 0 aliphatic rings. The summed E-state index contributed by atoms with van der Waals surface area (Å²) in [4.78, 5) is 19.8. The largest absolute Gasteiger partial charge is 0.317 e. The number of benzene rings is 7. The molecule has 6 heteroatoms. The molecule has 0 atom stereocenters. The van der Waals surface area contributed by atoms with Crippen molar-refractivity contribution >= 4 is 43.5 Å². The number of hydrogen-bond acceptors (Lipinski definition) is 4. The van der Waals surface area contributed by atoms with E-state index in [-0.39, 0.29) is 0 Å². The van der Waals surface area contributed by atoms with Gasteiger partial charge in [-0.3, -0.25) is 0 Å². The van der Waals surface area contributed by atoms with Gasteiger partial charge in [0.2, 0.25) is 0 Å². The maximum absolute atomic E-state index is 5.11. The van der Waals surface area contributed by atoms with Crippen molar-refractivity contribution in [3.05, 3.63) is 194 Å². The van der Waals surface area contributed by atoms with Gasteiger partial charge >= 0.3 is 0 Å². The van der Waals surface area contributed by atoms with Crippen LogP contribution in [0.15, 0.2) is 194 Å². The Morgan fingerprint density at radius 2 is 0.982 bits per heavy atom. The molecular weight excluding hydrogens is 685 g/mol. The van der Waals surface area contributed by atoms with Crippen molar-refractivity contribution in [2.75, 3.05) is 0 Å². The van der Waals surface area contributed by atoms with Gasteiger partial charge in [-0.25, -0.2) is 19.9 Å². The van der Waals surface area contributed by atoms with Gasteiger partial charge < -0.3 is 9.13 Å². The fraction of sp³-hybridized carbons (Fsp3) is 0.